The van der Waals surface area contributed by atoms with Crippen molar-refractivity contribution in [2.45, 2.75) is 45.6 Å². The maximum absolute atomic E-state index is 6.03. The second-order valence-corrected chi connectivity index (χ2v) is 5.56. The molecule has 0 saturated heterocycles. The first-order valence-corrected chi connectivity index (χ1v) is 7.71. The summed E-state index contributed by atoms with van der Waals surface area (Å²) in [7, 11) is 0. The number of unbranched alkanes of at least 4 members (excludes halogenated alkanes) is 2. The number of rotatable bonds is 9. The number of para-hydroxylation sites is 1. The minimum Gasteiger partial charge on any atom is -0.489 e. The van der Waals surface area contributed by atoms with E-state index in [4.69, 9.17) is 27.9 Å². The van der Waals surface area contributed by atoms with Crippen molar-refractivity contribution in [3.63, 3.8) is 0 Å². The van der Waals surface area contributed by atoms with Crippen molar-refractivity contribution in [3.8, 4) is 5.75 Å². The van der Waals surface area contributed by atoms with Crippen molar-refractivity contribution >= 4 is 23.2 Å². The van der Waals surface area contributed by atoms with Crippen molar-refractivity contribution in [2.24, 2.45) is 0 Å². The highest BCUT2D eigenvalue weighted by atomic mass is 35.5. The van der Waals surface area contributed by atoms with Crippen LogP contribution in [-0.4, -0.2) is 19.2 Å². The molecule has 2 nitrogen and oxygen atoms in total. The van der Waals surface area contributed by atoms with Gasteiger partial charge in [0.1, 0.15) is 6.61 Å². The van der Waals surface area contributed by atoms with Crippen LogP contribution >= 0.6 is 23.2 Å². The fourth-order valence-corrected chi connectivity index (χ4v) is 2.39. The third-order valence-corrected chi connectivity index (χ3v) is 3.60. The number of hydrogen-bond acceptors (Lipinski definition) is 2. The lowest BCUT2D eigenvalue weighted by atomic mass is 10.1. The SMILES string of the molecule is CCCCCC(C)NCCOc1c(Cl)cccc1Cl. The molecule has 1 rings (SSSR count). The van der Waals surface area contributed by atoms with Crippen LogP contribution in [0.2, 0.25) is 10.0 Å². The van der Waals surface area contributed by atoms with E-state index in [9.17, 15) is 0 Å². The van der Waals surface area contributed by atoms with Crippen LogP contribution in [0.15, 0.2) is 18.2 Å². The summed E-state index contributed by atoms with van der Waals surface area (Å²) < 4.78 is 5.62. The zero-order chi connectivity index (χ0) is 14.1. The monoisotopic (exact) mass is 303 g/mol. The smallest absolute Gasteiger partial charge is 0.156 e. The van der Waals surface area contributed by atoms with Crippen molar-refractivity contribution in [1.82, 2.24) is 5.32 Å². The van der Waals surface area contributed by atoms with Crippen molar-refractivity contribution in [2.75, 3.05) is 13.2 Å². The van der Waals surface area contributed by atoms with E-state index in [1.165, 1.54) is 25.7 Å². The molecule has 0 aliphatic rings. The largest absolute Gasteiger partial charge is 0.489 e. The van der Waals surface area contributed by atoms with Crippen LogP contribution in [0.5, 0.6) is 5.75 Å². The first kappa shape index (κ1) is 16.6. The van der Waals surface area contributed by atoms with Crippen molar-refractivity contribution in [1.29, 1.82) is 0 Å². The highest BCUT2D eigenvalue weighted by molar-refractivity contribution is 6.37. The Bertz CT molecular complexity index is 351. The molecule has 0 aromatic heterocycles. The summed E-state index contributed by atoms with van der Waals surface area (Å²) in [5, 5.41) is 4.56. The van der Waals surface area contributed by atoms with Crippen LogP contribution in [0.3, 0.4) is 0 Å². The normalized spacial score (nSPS) is 12.4. The molecule has 0 heterocycles. The molecule has 1 N–H and O–H groups in total. The van der Waals surface area contributed by atoms with Gasteiger partial charge in [0, 0.05) is 12.6 Å². The molecule has 1 aromatic carbocycles. The number of ether oxygens (including phenoxy) is 1. The van der Waals surface area contributed by atoms with Gasteiger partial charge in [-0.05, 0) is 25.5 Å². The van der Waals surface area contributed by atoms with Gasteiger partial charge in [0.2, 0.25) is 0 Å². The molecule has 1 atom stereocenters. The van der Waals surface area contributed by atoms with Gasteiger partial charge in [0.05, 0.1) is 10.0 Å². The van der Waals surface area contributed by atoms with Crippen LogP contribution in [-0.2, 0) is 0 Å². The average molecular weight is 304 g/mol. The summed E-state index contributed by atoms with van der Waals surface area (Å²) in [5.41, 5.74) is 0. The van der Waals surface area contributed by atoms with E-state index in [0.717, 1.165) is 6.54 Å². The molecular weight excluding hydrogens is 281 g/mol. The Morgan fingerprint density at radius 2 is 1.89 bits per heavy atom. The summed E-state index contributed by atoms with van der Waals surface area (Å²) in [6.07, 6.45) is 5.06. The summed E-state index contributed by atoms with van der Waals surface area (Å²) in [6, 6.07) is 5.90. The number of benzene rings is 1. The molecule has 0 aliphatic carbocycles. The lowest BCUT2D eigenvalue weighted by Crippen LogP contribution is -2.30. The Morgan fingerprint density at radius 3 is 2.53 bits per heavy atom. The third kappa shape index (κ3) is 6.51. The minimum atomic E-state index is 0.525. The zero-order valence-corrected chi connectivity index (χ0v) is 13.2. The molecule has 0 saturated carbocycles. The van der Waals surface area contributed by atoms with E-state index < -0.39 is 0 Å². The molecule has 0 aliphatic heterocycles. The van der Waals surface area contributed by atoms with Gasteiger partial charge >= 0.3 is 0 Å². The van der Waals surface area contributed by atoms with E-state index in [2.05, 4.69) is 19.2 Å². The number of hydrogen-bond donors (Lipinski definition) is 1. The molecule has 0 spiro atoms. The topological polar surface area (TPSA) is 21.3 Å². The molecule has 0 bridgehead atoms. The van der Waals surface area contributed by atoms with E-state index in [0.29, 0.717) is 28.4 Å². The van der Waals surface area contributed by atoms with E-state index in [-0.39, 0.29) is 0 Å². The van der Waals surface area contributed by atoms with Crippen LogP contribution in [0.1, 0.15) is 39.5 Å². The van der Waals surface area contributed by atoms with Gasteiger partial charge in [-0.1, -0.05) is 55.5 Å². The fraction of sp³-hybridized carbons (Fsp3) is 0.600. The maximum atomic E-state index is 6.03. The molecule has 108 valence electrons. The molecular formula is C15H23Cl2NO. The number of halogens is 2. The molecule has 1 aromatic rings. The molecule has 0 radical (unpaired) electrons. The minimum absolute atomic E-state index is 0.525. The van der Waals surface area contributed by atoms with Crippen LogP contribution in [0.4, 0.5) is 0 Å². The Kier molecular flexibility index (Phi) is 8.27. The molecule has 4 heteroatoms. The first-order chi connectivity index (χ1) is 9.15. The van der Waals surface area contributed by atoms with Gasteiger partial charge < -0.3 is 10.1 Å². The maximum Gasteiger partial charge on any atom is 0.156 e. The highest BCUT2D eigenvalue weighted by Gasteiger charge is 2.06. The van der Waals surface area contributed by atoms with Crippen LogP contribution in [0.25, 0.3) is 0 Å². The molecule has 0 fully saturated rings. The van der Waals surface area contributed by atoms with E-state index in [1.807, 2.05) is 6.07 Å². The Morgan fingerprint density at radius 1 is 1.21 bits per heavy atom. The Hall–Kier alpha value is -0.440. The van der Waals surface area contributed by atoms with E-state index in [1.54, 1.807) is 12.1 Å². The second-order valence-electron chi connectivity index (χ2n) is 4.75. The third-order valence-electron chi connectivity index (χ3n) is 3.00. The molecule has 0 amide bonds. The second kappa shape index (κ2) is 9.46. The highest BCUT2D eigenvalue weighted by Crippen LogP contribution is 2.32. The average Bonchev–Trinajstić information content (AvgIpc) is 2.37. The summed E-state index contributed by atoms with van der Waals surface area (Å²) in [5.74, 6) is 0.575. The zero-order valence-electron chi connectivity index (χ0n) is 11.7. The van der Waals surface area contributed by atoms with Gasteiger partial charge in [-0.15, -0.1) is 0 Å². The van der Waals surface area contributed by atoms with Gasteiger partial charge in [-0.3, -0.25) is 0 Å². The lowest BCUT2D eigenvalue weighted by molar-refractivity contribution is 0.304. The number of nitrogens with one attached hydrogen (secondary N) is 1. The van der Waals surface area contributed by atoms with Crippen molar-refractivity contribution in [3.05, 3.63) is 28.2 Å². The van der Waals surface area contributed by atoms with Gasteiger partial charge in [-0.2, -0.15) is 0 Å². The molecule has 1 unspecified atom stereocenters. The standard InChI is InChI=1S/C15H23Cl2NO/c1-3-4-5-7-12(2)18-10-11-19-15-13(16)8-6-9-14(15)17/h6,8-9,12,18H,3-5,7,10-11H2,1-2H3. The Labute approximate surface area is 126 Å². The summed E-state index contributed by atoms with van der Waals surface area (Å²) >= 11 is 12.1. The van der Waals surface area contributed by atoms with Gasteiger partial charge in [0.15, 0.2) is 5.75 Å². The van der Waals surface area contributed by atoms with E-state index >= 15 is 0 Å². The van der Waals surface area contributed by atoms with Gasteiger partial charge in [0.25, 0.3) is 0 Å². The fourth-order valence-electron chi connectivity index (χ4n) is 1.88. The van der Waals surface area contributed by atoms with Crippen molar-refractivity contribution < 1.29 is 4.74 Å². The predicted molar refractivity (Wildman–Crippen MR) is 83.6 cm³/mol. The van der Waals surface area contributed by atoms with Crippen LogP contribution < -0.4 is 10.1 Å². The predicted octanol–water partition coefficient (Wildman–Crippen LogP) is 4.93. The van der Waals surface area contributed by atoms with Gasteiger partial charge in [-0.25, -0.2) is 0 Å². The summed E-state index contributed by atoms with van der Waals surface area (Å²) in [6.45, 7) is 5.80. The first-order valence-electron chi connectivity index (χ1n) is 6.95. The summed E-state index contributed by atoms with van der Waals surface area (Å²) in [4.78, 5) is 0. The Balaban J connectivity index is 2.20. The quantitative estimate of drug-likeness (QED) is 0.653. The van der Waals surface area contributed by atoms with Crippen LogP contribution in [0, 0.1) is 0 Å². The lowest BCUT2D eigenvalue weighted by Gasteiger charge is -2.14. The molecule has 19 heavy (non-hydrogen) atoms.